The second-order valence-electron chi connectivity index (χ2n) is 5.99. The van der Waals surface area contributed by atoms with Crippen molar-refractivity contribution in [3.8, 4) is 5.75 Å². The molecule has 1 saturated carbocycles. The minimum Gasteiger partial charge on any atom is -0.489 e. The van der Waals surface area contributed by atoms with Gasteiger partial charge in [-0.1, -0.05) is 31.9 Å². The Balaban J connectivity index is 2.05. The minimum atomic E-state index is 0.186. The predicted molar refractivity (Wildman–Crippen MR) is 80.6 cm³/mol. The van der Waals surface area contributed by atoms with Gasteiger partial charge in [0.15, 0.2) is 0 Å². The Morgan fingerprint density at radius 2 is 2.05 bits per heavy atom. The molecule has 1 aromatic rings. The number of benzene rings is 1. The van der Waals surface area contributed by atoms with Crippen LogP contribution in [0.4, 0.5) is 0 Å². The Morgan fingerprint density at radius 1 is 1.26 bits per heavy atom. The molecule has 3 unspecified atom stereocenters. The number of rotatable bonds is 4. The highest BCUT2D eigenvalue weighted by Crippen LogP contribution is 2.31. The summed E-state index contributed by atoms with van der Waals surface area (Å²) < 4.78 is 6.23. The molecule has 0 radical (unpaired) electrons. The zero-order valence-electron chi connectivity index (χ0n) is 12.5. The lowest BCUT2D eigenvalue weighted by Crippen LogP contribution is -2.44. The van der Waals surface area contributed by atoms with Crippen molar-refractivity contribution < 1.29 is 4.74 Å². The lowest BCUT2D eigenvalue weighted by Gasteiger charge is -2.34. The van der Waals surface area contributed by atoms with E-state index in [4.69, 9.17) is 10.5 Å². The first-order chi connectivity index (χ1) is 9.11. The van der Waals surface area contributed by atoms with Gasteiger partial charge in [-0.15, -0.1) is 0 Å². The molecule has 2 nitrogen and oxygen atoms in total. The minimum absolute atomic E-state index is 0.186. The van der Waals surface area contributed by atoms with Crippen molar-refractivity contribution in [3.05, 3.63) is 29.3 Å². The summed E-state index contributed by atoms with van der Waals surface area (Å²) in [4.78, 5) is 0. The van der Waals surface area contributed by atoms with Gasteiger partial charge in [0.1, 0.15) is 11.9 Å². The molecule has 0 amide bonds. The summed E-state index contributed by atoms with van der Waals surface area (Å²) in [6.45, 7) is 6.51. The van der Waals surface area contributed by atoms with Gasteiger partial charge in [0.05, 0.1) is 0 Å². The standard InChI is InChI=1S/C17H27NO/c1-4-6-14-9-10-15(18)17(11-14)19-16-8-5-7-12(2)13(16)3/h5,7-8,14-15,17H,4,6,9-11,18H2,1-3H3. The van der Waals surface area contributed by atoms with Crippen molar-refractivity contribution in [1.29, 1.82) is 0 Å². The molecule has 0 heterocycles. The number of ether oxygens (including phenoxy) is 1. The van der Waals surface area contributed by atoms with Gasteiger partial charge in [-0.2, -0.15) is 0 Å². The zero-order valence-corrected chi connectivity index (χ0v) is 12.5. The molecule has 3 atom stereocenters. The average molecular weight is 261 g/mol. The second-order valence-corrected chi connectivity index (χ2v) is 5.99. The molecule has 106 valence electrons. The van der Waals surface area contributed by atoms with E-state index < -0.39 is 0 Å². The zero-order chi connectivity index (χ0) is 13.8. The van der Waals surface area contributed by atoms with Crippen LogP contribution in [0.2, 0.25) is 0 Å². The van der Waals surface area contributed by atoms with Crippen LogP contribution in [0.25, 0.3) is 0 Å². The smallest absolute Gasteiger partial charge is 0.122 e. The molecule has 0 bridgehead atoms. The molecule has 0 saturated heterocycles. The van der Waals surface area contributed by atoms with Crippen LogP contribution in [0.3, 0.4) is 0 Å². The van der Waals surface area contributed by atoms with Gasteiger partial charge in [0, 0.05) is 6.04 Å². The van der Waals surface area contributed by atoms with E-state index in [-0.39, 0.29) is 12.1 Å². The molecule has 1 aliphatic rings. The van der Waals surface area contributed by atoms with Crippen LogP contribution in [0, 0.1) is 19.8 Å². The largest absolute Gasteiger partial charge is 0.489 e. The maximum absolute atomic E-state index is 6.25. The summed E-state index contributed by atoms with van der Waals surface area (Å²) in [5.74, 6) is 1.80. The Kier molecular flexibility index (Phi) is 4.87. The van der Waals surface area contributed by atoms with Gasteiger partial charge in [-0.05, 0) is 56.2 Å². The summed E-state index contributed by atoms with van der Waals surface area (Å²) in [6, 6.07) is 6.45. The van der Waals surface area contributed by atoms with E-state index in [9.17, 15) is 0 Å². The van der Waals surface area contributed by atoms with E-state index in [0.717, 1.165) is 24.5 Å². The summed E-state index contributed by atoms with van der Waals surface area (Å²) in [6.07, 6.45) is 6.23. The highest BCUT2D eigenvalue weighted by molar-refractivity contribution is 5.38. The molecular weight excluding hydrogens is 234 g/mol. The van der Waals surface area contributed by atoms with E-state index >= 15 is 0 Å². The maximum atomic E-state index is 6.25. The number of nitrogens with two attached hydrogens (primary N) is 1. The van der Waals surface area contributed by atoms with Crippen molar-refractivity contribution in [2.75, 3.05) is 0 Å². The van der Waals surface area contributed by atoms with Crippen LogP contribution in [-0.4, -0.2) is 12.1 Å². The van der Waals surface area contributed by atoms with Crippen LogP contribution < -0.4 is 10.5 Å². The van der Waals surface area contributed by atoms with Crippen molar-refractivity contribution in [2.45, 2.75) is 65.0 Å². The topological polar surface area (TPSA) is 35.2 Å². The number of hydrogen-bond acceptors (Lipinski definition) is 2. The molecule has 2 heteroatoms. The monoisotopic (exact) mass is 261 g/mol. The SMILES string of the molecule is CCCC1CCC(N)C(Oc2cccc(C)c2C)C1. The van der Waals surface area contributed by atoms with Crippen LogP contribution in [0.5, 0.6) is 5.75 Å². The fourth-order valence-electron chi connectivity index (χ4n) is 3.06. The quantitative estimate of drug-likeness (QED) is 0.889. The fourth-order valence-corrected chi connectivity index (χ4v) is 3.06. The van der Waals surface area contributed by atoms with Gasteiger partial charge in [0.2, 0.25) is 0 Å². The van der Waals surface area contributed by atoms with E-state index in [1.54, 1.807) is 0 Å². The van der Waals surface area contributed by atoms with Crippen LogP contribution in [0.15, 0.2) is 18.2 Å². The Hall–Kier alpha value is -1.02. The molecule has 0 aliphatic heterocycles. The molecule has 1 aromatic carbocycles. The molecule has 0 spiro atoms. The Labute approximate surface area is 117 Å². The van der Waals surface area contributed by atoms with Gasteiger partial charge >= 0.3 is 0 Å². The number of hydrogen-bond donors (Lipinski definition) is 1. The fraction of sp³-hybridized carbons (Fsp3) is 0.647. The lowest BCUT2D eigenvalue weighted by atomic mass is 9.82. The van der Waals surface area contributed by atoms with E-state index in [1.807, 2.05) is 0 Å². The third-order valence-corrected chi connectivity index (χ3v) is 4.48. The molecule has 2 rings (SSSR count). The average Bonchev–Trinajstić information content (AvgIpc) is 2.39. The molecule has 0 aromatic heterocycles. The van der Waals surface area contributed by atoms with Crippen LogP contribution in [-0.2, 0) is 0 Å². The third kappa shape index (κ3) is 3.50. The highest BCUT2D eigenvalue weighted by atomic mass is 16.5. The summed E-state index contributed by atoms with van der Waals surface area (Å²) in [7, 11) is 0. The van der Waals surface area contributed by atoms with E-state index in [2.05, 4.69) is 39.0 Å². The molecule has 2 N–H and O–H groups in total. The first-order valence-electron chi connectivity index (χ1n) is 7.60. The van der Waals surface area contributed by atoms with Crippen LogP contribution in [0.1, 0.15) is 50.2 Å². The van der Waals surface area contributed by atoms with Crippen molar-refractivity contribution in [3.63, 3.8) is 0 Å². The van der Waals surface area contributed by atoms with Gasteiger partial charge in [0.25, 0.3) is 0 Å². The van der Waals surface area contributed by atoms with E-state index in [0.29, 0.717) is 0 Å². The molecular formula is C17H27NO. The Bertz CT molecular complexity index is 416. The van der Waals surface area contributed by atoms with Crippen molar-refractivity contribution >= 4 is 0 Å². The van der Waals surface area contributed by atoms with Crippen molar-refractivity contribution in [1.82, 2.24) is 0 Å². The van der Waals surface area contributed by atoms with Gasteiger partial charge in [-0.3, -0.25) is 0 Å². The molecule has 1 aliphatic carbocycles. The number of aryl methyl sites for hydroxylation is 1. The van der Waals surface area contributed by atoms with Crippen molar-refractivity contribution in [2.24, 2.45) is 11.7 Å². The third-order valence-electron chi connectivity index (χ3n) is 4.48. The summed E-state index contributed by atoms with van der Waals surface area (Å²) in [5, 5.41) is 0. The first kappa shape index (κ1) is 14.4. The summed E-state index contributed by atoms with van der Waals surface area (Å²) >= 11 is 0. The maximum Gasteiger partial charge on any atom is 0.122 e. The first-order valence-corrected chi connectivity index (χ1v) is 7.60. The summed E-state index contributed by atoms with van der Waals surface area (Å²) in [5.41, 5.74) is 8.78. The second kappa shape index (κ2) is 6.42. The predicted octanol–water partition coefficient (Wildman–Crippen LogP) is 3.98. The van der Waals surface area contributed by atoms with Gasteiger partial charge in [-0.25, -0.2) is 0 Å². The van der Waals surface area contributed by atoms with E-state index in [1.165, 1.54) is 30.4 Å². The lowest BCUT2D eigenvalue weighted by molar-refractivity contribution is 0.0986. The highest BCUT2D eigenvalue weighted by Gasteiger charge is 2.29. The molecule has 1 fully saturated rings. The van der Waals surface area contributed by atoms with Gasteiger partial charge < -0.3 is 10.5 Å². The molecule has 19 heavy (non-hydrogen) atoms. The van der Waals surface area contributed by atoms with Crippen LogP contribution >= 0.6 is 0 Å². The normalized spacial score (nSPS) is 27.3. The Morgan fingerprint density at radius 3 is 2.79 bits per heavy atom.